The summed E-state index contributed by atoms with van der Waals surface area (Å²) < 4.78 is 0. The molecule has 3 rings (SSSR count). The summed E-state index contributed by atoms with van der Waals surface area (Å²) in [6, 6.07) is 11.0. The summed E-state index contributed by atoms with van der Waals surface area (Å²) in [7, 11) is 0. The lowest BCUT2D eigenvalue weighted by atomic mass is 10.0. The number of hydrogen-bond acceptors (Lipinski definition) is 5. The number of carbonyl (C=O) groups is 1. The van der Waals surface area contributed by atoms with E-state index in [1.54, 1.807) is 18.5 Å². The van der Waals surface area contributed by atoms with Crippen LogP contribution < -0.4 is 11.1 Å². The van der Waals surface area contributed by atoms with E-state index in [-0.39, 0.29) is 24.5 Å². The van der Waals surface area contributed by atoms with Crippen LogP contribution in [0.4, 0.5) is 5.95 Å². The summed E-state index contributed by atoms with van der Waals surface area (Å²) in [4.78, 5) is 23.8. The monoisotopic (exact) mass is 351 g/mol. The van der Waals surface area contributed by atoms with Gasteiger partial charge in [-0.15, -0.1) is 0 Å². The van der Waals surface area contributed by atoms with Crippen molar-refractivity contribution in [2.24, 2.45) is 0 Å². The molecule has 3 aromatic rings. The molecule has 5 N–H and O–H groups in total. The van der Waals surface area contributed by atoms with Gasteiger partial charge in [-0.2, -0.15) is 0 Å². The Morgan fingerprint density at radius 2 is 2.12 bits per heavy atom. The van der Waals surface area contributed by atoms with Crippen molar-refractivity contribution >= 4 is 11.9 Å². The van der Waals surface area contributed by atoms with E-state index < -0.39 is 0 Å². The highest BCUT2D eigenvalue weighted by Gasteiger charge is 2.17. The summed E-state index contributed by atoms with van der Waals surface area (Å²) in [6.45, 7) is 1.86. The Labute approximate surface area is 151 Å². The molecule has 1 aromatic carbocycles. The van der Waals surface area contributed by atoms with E-state index in [0.29, 0.717) is 17.8 Å². The Morgan fingerprint density at radius 1 is 1.35 bits per heavy atom. The molecule has 0 fully saturated rings. The molecule has 26 heavy (non-hydrogen) atoms. The Morgan fingerprint density at radius 3 is 2.85 bits per heavy atom. The number of aliphatic hydroxyl groups excluding tert-OH is 1. The largest absolute Gasteiger partial charge is 0.396 e. The zero-order valence-electron chi connectivity index (χ0n) is 14.4. The van der Waals surface area contributed by atoms with Gasteiger partial charge in [-0.1, -0.05) is 30.3 Å². The van der Waals surface area contributed by atoms with Crippen LogP contribution in [0.2, 0.25) is 0 Å². The number of carbonyl (C=O) groups excluding carboxylic acids is 1. The first kappa shape index (κ1) is 17.6. The maximum absolute atomic E-state index is 12.6. The molecule has 7 nitrogen and oxygen atoms in total. The van der Waals surface area contributed by atoms with Gasteiger partial charge in [0, 0.05) is 24.6 Å². The zero-order valence-corrected chi connectivity index (χ0v) is 14.4. The second-order valence-corrected chi connectivity index (χ2v) is 6.01. The molecule has 0 saturated heterocycles. The molecule has 1 atom stereocenters. The highest BCUT2D eigenvalue weighted by atomic mass is 16.3. The van der Waals surface area contributed by atoms with E-state index in [4.69, 9.17) is 5.73 Å². The van der Waals surface area contributed by atoms with Crippen LogP contribution in [0.25, 0.3) is 11.3 Å². The van der Waals surface area contributed by atoms with Gasteiger partial charge in [0.1, 0.15) is 5.69 Å². The van der Waals surface area contributed by atoms with Crippen LogP contribution in [0, 0.1) is 6.92 Å². The predicted molar refractivity (Wildman–Crippen MR) is 99.3 cm³/mol. The lowest BCUT2D eigenvalue weighted by molar-refractivity contribution is 0.0925. The third kappa shape index (κ3) is 3.89. The number of nitrogens with two attached hydrogens (primary N) is 1. The first-order chi connectivity index (χ1) is 12.6. The zero-order chi connectivity index (χ0) is 18.5. The van der Waals surface area contributed by atoms with Crippen molar-refractivity contribution in [2.45, 2.75) is 19.4 Å². The van der Waals surface area contributed by atoms with Crippen molar-refractivity contribution in [3.63, 3.8) is 0 Å². The van der Waals surface area contributed by atoms with Crippen LogP contribution >= 0.6 is 0 Å². The molecule has 0 aliphatic rings. The third-order valence-corrected chi connectivity index (χ3v) is 4.12. The summed E-state index contributed by atoms with van der Waals surface area (Å²) in [5.74, 6) is -0.0666. The van der Waals surface area contributed by atoms with E-state index in [0.717, 1.165) is 16.7 Å². The van der Waals surface area contributed by atoms with Crippen molar-refractivity contribution in [2.75, 3.05) is 12.3 Å². The van der Waals surface area contributed by atoms with Gasteiger partial charge < -0.3 is 21.1 Å². The molecule has 2 aromatic heterocycles. The van der Waals surface area contributed by atoms with Crippen molar-refractivity contribution < 1.29 is 9.90 Å². The van der Waals surface area contributed by atoms with Crippen LogP contribution in [0.1, 0.15) is 34.1 Å². The minimum absolute atomic E-state index is 0.0186. The highest BCUT2D eigenvalue weighted by molar-refractivity contribution is 5.94. The standard InChI is InChI=1S/C19H21N5O2/c1-12-10-22-19(20)24-17(12)14-9-16(21-11-14)18(26)23-15(7-8-25)13-5-3-2-4-6-13/h2-6,9-11,15,21,25H,7-8H2,1H3,(H,23,26)(H2,20,22,24)/t15-/m0/s1. The van der Waals surface area contributed by atoms with Gasteiger partial charge in [-0.25, -0.2) is 9.97 Å². The molecular weight excluding hydrogens is 330 g/mol. The lowest BCUT2D eigenvalue weighted by Crippen LogP contribution is -2.29. The predicted octanol–water partition coefficient (Wildman–Crippen LogP) is 2.22. The number of rotatable bonds is 6. The van der Waals surface area contributed by atoms with E-state index >= 15 is 0 Å². The van der Waals surface area contributed by atoms with E-state index in [1.807, 2.05) is 37.3 Å². The fraction of sp³-hybridized carbons (Fsp3) is 0.211. The van der Waals surface area contributed by atoms with Gasteiger partial charge in [0.15, 0.2) is 0 Å². The number of nitrogens with one attached hydrogen (secondary N) is 2. The Kier molecular flexibility index (Phi) is 5.28. The molecular formula is C19H21N5O2. The maximum Gasteiger partial charge on any atom is 0.268 e. The summed E-state index contributed by atoms with van der Waals surface area (Å²) >= 11 is 0. The van der Waals surface area contributed by atoms with E-state index in [1.165, 1.54) is 0 Å². The summed E-state index contributed by atoms with van der Waals surface area (Å²) in [5.41, 5.74) is 9.33. The first-order valence-corrected chi connectivity index (χ1v) is 8.33. The average molecular weight is 351 g/mol. The SMILES string of the molecule is Cc1cnc(N)nc1-c1c[nH]c(C(=O)N[C@@H](CCO)c2ccccc2)c1. The number of nitrogens with zero attached hydrogens (tertiary/aromatic N) is 2. The molecule has 0 aliphatic heterocycles. The number of hydrogen-bond donors (Lipinski definition) is 4. The number of aromatic nitrogens is 3. The van der Waals surface area contributed by atoms with Crippen LogP contribution in [-0.2, 0) is 0 Å². The van der Waals surface area contributed by atoms with Gasteiger partial charge in [-0.3, -0.25) is 4.79 Å². The number of H-pyrrole nitrogens is 1. The number of aliphatic hydroxyl groups is 1. The lowest BCUT2D eigenvalue weighted by Gasteiger charge is -2.17. The van der Waals surface area contributed by atoms with Crippen LogP contribution in [0.3, 0.4) is 0 Å². The number of aromatic amines is 1. The Bertz CT molecular complexity index is 892. The van der Waals surface area contributed by atoms with E-state index in [9.17, 15) is 9.90 Å². The highest BCUT2D eigenvalue weighted by Crippen LogP contribution is 2.23. The Balaban J connectivity index is 1.80. The fourth-order valence-corrected chi connectivity index (χ4v) is 2.78. The average Bonchev–Trinajstić information content (AvgIpc) is 3.14. The number of aryl methyl sites for hydroxylation is 1. The molecule has 0 bridgehead atoms. The van der Waals surface area contributed by atoms with Gasteiger partial charge in [0.2, 0.25) is 5.95 Å². The van der Waals surface area contributed by atoms with Crippen LogP contribution in [-0.4, -0.2) is 32.6 Å². The van der Waals surface area contributed by atoms with Crippen molar-refractivity contribution in [1.29, 1.82) is 0 Å². The van der Waals surface area contributed by atoms with Crippen LogP contribution in [0.5, 0.6) is 0 Å². The smallest absolute Gasteiger partial charge is 0.268 e. The van der Waals surface area contributed by atoms with Gasteiger partial charge >= 0.3 is 0 Å². The normalized spacial score (nSPS) is 11.9. The molecule has 7 heteroatoms. The minimum atomic E-state index is -0.267. The summed E-state index contributed by atoms with van der Waals surface area (Å²) in [5, 5.41) is 12.3. The first-order valence-electron chi connectivity index (χ1n) is 8.33. The molecule has 0 spiro atoms. The van der Waals surface area contributed by atoms with Crippen LogP contribution in [0.15, 0.2) is 48.8 Å². The number of benzene rings is 1. The van der Waals surface area contributed by atoms with Gasteiger partial charge in [0.25, 0.3) is 5.91 Å². The second kappa shape index (κ2) is 7.79. The number of nitrogen functional groups attached to an aromatic ring is 1. The molecule has 2 heterocycles. The summed E-state index contributed by atoms with van der Waals surface area (Å²) in [6.07, 6.45) is 3.80. The van der Waals surface area contributed by atoms with Crippen molar-refractivity contribution in [1.82, 2.24) is 20.3 Å². The quantitative estimate of drug-likeness (QED) is 0.543. The minimum Gasteiger partial charge on any atom is -0.396 e. The number of amides is 1. The molecule has 0 saturated carbocycles. The van der Waals surface area contributed by atoms with Crippen molar-refractivity contribution in [3.05, 3.63) is 65.6 Å². The fourth-order valence-electron chi connectivity index (χ4n) is 2.78. The van der Waals surface area contributed by atoms with Crippen molar-refractivity contribution in [3.8, 4) is 11.3 Å². The number of anilines is 1. The Hall–Kier alpha value is -3.19. The van der Waals surface area contributed by atoms with Gasteiger partial charge in [0.05, 0.1) is 11.7 Å². The topological polar surface area (TPSA) is 117 Å². The molecule has 0 radical (unpaired) electrons. The van der Waals surface area contributed by atoms with E-state index in [2.05, 4.69) is 20.3 Å². The molecule has 0 aliphatic carbocycles. The molecule has 1 amide bonds. The van der Waals surface area contributed by atoms with Gasteiger partial charge in [-0.05, 0) is 30.5 Å². The maximum atomic E-state index is 12.6. The molecule has 0 unspecified atom stereocenters. The third-order valence-electron chi connectivity index (χ3n) is 4.12. The molecule has 134 valence electrons. The second-order valence-electron chi connectivity index (χ2n) is 6.01.